The number of amides is 1. The van der Waals surface area contributed by atoms with Gasteiger partial charge in [0, 0.05) is 11.3 Å². The van der Waals surface area contributed by atoms with Gasteiger partial charge in [-0.05, 0) is 45.3 Å². The van der Waals surface area contributed by atoms with Gasteiger partial charge in [0.25, 0.3) is 5.91 Å². The molecule has 0 saturated carbocycles. The van der Waals surface area contributed by atoms with E-state index in [1.54, 1.807) is 24.3 Å². The second kappa shape index (κ2) is 4.79. The van der Waals surface area contributed by atoms with E-state index in [4.69, 9.17) is 5.73 Å². The molecule has 0 aromatic heterocycles. The summed E-state index contributed by atoms with van der Waals surface area (Å²) in [6, 6.07) is 6.87. The quantitative estimate of drug-likeness (QED) is 0.572. The van der Waals surface area contributed by atoms with Crippen LogP contribution in [0.4, 0.5) is 5.69 Å². The summed E-state index contributed by atoms with van der Waals surface area (Å²) in [4.78, 5) is 13.6. The van der Waals surface area contributed by atoms with Crippen molar-refractivity contribution in [2.75, 3.05) is 19.8 Å². The molecular weight excluding hydrogens is 190 g/mol. The van der Waals surface area contributed by atoms with Gasteiger partial charge in [0.2, 0.25) is 0 Å². The molecule has 4 nitrogen and oxygen atoms in total. The average Bonchev–Trinajstić information content (AvgIpc) is 2.18. The molecule has 0 aliphatic carbocycles. The normalized spacial score (nSPS) is 12.5. The van der Waals surface area contributed by atoms with Gasteiger partial charge in [-0.25, -0.2) is 0 Å². The predicted octanol–water partition coefficient (Wildman–Crippen LogP) is 0.906. The summed E-state index contributed by atoms with van der Waals surface area (Å²) in [7, 11) is 3.82. The number of nitrogens with zero attached hydrogens (tertiary/aromatic N) is 1. The Morgan fingerprint density at radius 2 is 1.87 bits per heavy atom. The summed E-state index contributed by atoms with van der Waals surface area (Å²) in [5, 5.41) is 2.86. The Hall–Kier alpha value is -1.55. The highest BCUT2D eigenvalue weighted by molar-refractivity contribution is 5.94. The van der Waals surface area contributed by atoms with Crippen molar-refractivity contribution in [2.24, 2.45) is 0 Å². The first kappa shape index (κ1) is 11.5. The lowest BCUT2D eigenvalue weighted by Crippen LogP contribution is -2.42. The molecule has 0 aliphatic heterocycles. The number of nitrogen functional groups attached to an aromatic ring is 1. The fraction of sp³-hybridized carbons (Fsp3) is 0.364. The third kappa shape index (κ3) is 3.25. The van der Waals surface area contributed by atoms with Crippen molar-refractivity contribution in [2.45, 2.75) is 13.1 Å². The first-order valence-electron chi connectivity index (χ1n) is 4.83. The minimum absolute atomic E-state index is 0.00931. The topological polar surface area (TPSA) is 58.4 Å². The first-order valence-corrected chi connectivity index (χ1v) is 4.83. The number of rotatable bonds is 3. The van der Waals surface area contributed by atoms with Gasteiger partial charge in [-0.2, -0.15) is 0 Å². The van der Waals surface area contributed by atoms with Gasteiger partial charge in [-0.3, -0.25) is 9.69 Å². The van der Waals surface area contributed by atoms with Crippen LogP contribution in [0, 0.1) is 0 Å². The molecule has 0 radical (unpaired) electrons. The Labute approximate surface area is 90.1 Å². The molecule has 15 heavy (non-hydrogen) atoms. The SMILES string of the molecule is CC(NC(=O)c1ccc(N)cc1)N(C)C. The fourth-order valence-corrected chi connectivity index (χ4v) is 1.04. The van der Waals surface area contributed by atoms with Crippen LogP contribution in [0.25, 0.3) is 0 Å². The standard InChI is InChI=1S/C11H17N3O/c1-8(14(2)3)13-11(15)9-4-6-10(12)7-5-9/h4-8H,12H2,1-3H3,(H,13,15). The lowest BCUT2D eigenvalue weighted by molar-refractivity contribution is 0.0900. The van der Waals surface area contributed by atoms with Crippen LogP contribution in [-0.4, -0.2) is 31.1 Å². The molecule has 0 bridgehead atoms. The third-order valence-corrected chi connectivity index (χ3v) is 2.29. The molecule has 0 aliphatic rings. The zero-order valence-electron chi connectivity index (χ0n) is 9.32. The van der Waals surface area contributed by atoms with Crippen LogP contribution in [0.3, 0.4) is 0 Å². The lowest BCUT2D eigenvalue weighted by atomic mass is 10.2. The molecule has 1 unspecified atom stereocenters. The van der Waals surface area contributed by atoms with Crippen LogP contribution < -0.4 is 11.1 Å². The largest absolute Gasteiger partial charge is 0.399 e. The fourth-order valence-electron chi connectivity index (χ4n) is 1.04. The van der Waals surface area contributed by atoms with Gasteiger partial charge in [0.1, 0.15) is 0 Å². The number of carbonyl (C=O) groups excluding carboxylic acids is 1. The second-order valence-electron chi connectivity index (χ2n) is 3.74. The van der Waals surface area contributed by atoms with Crippen LogP contribution in [0.1, 0.15) is 17.3 Å². The van der Waals surface area contributed by atoms with Crippen molar-refractivity contribution in [1.82, 2.24) is 10.2 Å². The van der Waals surface area contributed by atoms with Crippen LogP contribution in [0.5, 0.6) is 0 Å². The maximum atomic E-state index is 11.7. The summed E-state index contributed by atoms with van der Waals surface area (Å²) in [5.41, 5.74) is 6.82. The third-order valence-electron chi connectivity index (χ3n) is 2.29. The number of carbonyl (C=O) groups is 1. The van der Waals surface area contributed by atoms with Crippen molar-refractivity contribution in [3.05, 3.63) is 29.8 Å². The highest BCUT2D eigenvalue weighted by atomic mass is 16.1. The summed E-state index contributed by atoms with van der Waals surface area (Å²) in [6.45, 7) is 1.93. The Morgan fingerprint density at radius 3 is 2.33 bits per heavy atom. The van der Waals surface area contributed by atoms with Crippen molar-refractivity contribution < 1.29 is 4.79 Å². The Morgan fingerprint density at radius 1 is 1.33 bits per heavy atom. The van der Waals surface area contributed by atoms with Gasteiger partial charge in [-0.1, -0.05) is 0 Å². The van der Waals surface area contributed by atoms with Gasteiger partial charge in [0.05, 0.1) is 6.17 Å². The Balaban J connectivity index is 2.65. The summed E-state index contributed by atoms with van der Waals surface area (Å²) in [6.07, 6.45) is 0.00931. The van der Waals surface area contributed by atoms with E-state index in [0.717, 1.165) is 0 Å². The molecular formula is C11H17N3O. The minimum Gasteiger partial charge on any atom is -0.399 e. The van der Waals surface area contributed by atoms with Gasteiger partial charge in [0.15, 0.2) is 0 Å². The number of benzene rings is 1. The zero-order chi connectivity index (χ0) is 11.4. The zero-order valence-corrected chi connectivity index (χ0v) is 9.32. The number of hydrogen-bond donors (Lipinski definition) is 2. The maximum Gasteiger partial charge on any atom is 0.252 e. The second-order valence-corrected chi connectivity index (χ2v) is 3.74. The maximum absolute atomic E-state index is 11.7. The number of nitrogens with one attached hydrogen (secondary N) is 1. The summed E-state index contributed by atoms with van der Waals surface area (Å²) < 4.78 is 0. The van der Waals surface area contributed by atoms with E-state index in [1.807, 2.05) is 25.9 Å². The van der Waals surface area contributed by atoms with Crippen molar-refractivity contribution in [3.63, 3.8) is 0 Å². The molecule has 0 fully saturated rings. The van der Waals surface area contributed by atoms with Crippen LogP contribution in [0.15, 0.2) is 24.3 Å². The molecule has 4 heteroatoms. The molecule has 0 heterocycles. The van der Waals surface area contributed by atoms with E-state index in [9.17, 15) is 4.79 Å². The van der Waals surface area contributed by atoms with E-state index < -0.39 is 0 Å². The van der Waals surface area contributed by atoms with Crippen molar-refractivity contribution in [3.8, 4) is 0 Å². The van der Waals surface area contributed by atoms with Crippen LogP contribution in [-0.2, 0) is 0 Å². The van der Waals surface area contributed by atoms with E-state index in [-0.39, 0.29) is 12.1 Å². The van der Waals surface area contributed by atoms with Crippen molar-refractivity contribution in [1.29, 1.82) is 0 Å². The van der Waals surface area contributed by atoms with Gasteiger partial charge in [-0.15, -0.1) is 0 Å². The molecule has 1 rings (SSSR count). The molecule has 0 spiro atoms. The Kier molecular flexibility index (Phi) is 3.68. The smallest absolute Gasteiger partial charge is 0.252 e. The molecule has 1 amide bonds. The Bertz CT molecular complexity index is 332. The van der Waals surface area contributed by atoms with E-state index >= 15 is 0 Å². The number of anilines is 1. The average molecular weight is 207 g/mol. The first-order chi connectivity index (χ1) is 7.00. The molecule has 1 aromatic rings. The van der Waals surface area contributed by atoms with Crippen LogP contribution in [0.2, 0.25) is 0 Å². The molecule has 0 saturated heterocycles. The number of nitrogens with two attached hydrogens (primary N) is 1. The van der Waals surface area contributed by atoms with E-state index in [2.05, 4.69) is 5.32 Å². The number of hydrogen-bond acceptors (Lipinski definition) is 3. The predicted molar refractivity (Wildman–Crippen MR) is 61.5 cm³/mol. The van der Waals surface area contributed by atoms with Crippen LogP contribution >= 0.6 is 0 Å². The van der Waals surface area contributed by atoms with E-state index in [0.29, 0.717) is 11.3 Å². The summed E-state index contributed by atoms with van der Waals surface area (Å²) >= 11 is 0. The van der Waals surface area contributed by atoms with E-state index in [1.165, 1.54) is 0 Å². The molecule has 1 aromatic carbocycles. The monoisotopic (exact) mass is 207 g/mol. The van der Waals surface area contributed by atoms with Gasteiger partial charge >= 0.3 is 0 Å². The van der Waals surface area contributed by atoms with Gasteiger partial charge < -0.3 is 11.1 Å². The molecule has 82 valence electrons. The molecule has 3 N–H and O–H groups in total. The lowest BCUT2D eigenvalue weighted by Gasteiger charge is -2.20. The summed E-state index contributed by atoms with van der Waals surface area (Å²) in [5.74, 6) is -0.0869. The minimum atomic E-state index is -0.0869. The molecule has 1 atom stereocenters. The highest BCUT2D eigenvalue weighted by Gasteiger charge is 2.10. The van der Waals surface area contributed by atoms with Crippen molar-refractivity contribution >= 4 is 11.6 Å². The highest BCUT2D eigenvalue weighted by Crippen LogP contribution is 2.05.